The van der Waals surface area contributed by atoms with Gasteiger partial charge >= 0.3 is 0 Å². The van der Waals surface area contributed by atoms with Crippen molar-refractivity contribution in [2.45, 2.75) is 20.0 Å². The lowest BCUT2D eigenvalue weighted by atomic mass is 9.62. The van der Waals surface area contributed by atoms with Gasteiger partial charge in [0.2, 0.25) is 0 Å². The van der Waals surface area contributed by atoms with Crippen LogP contribution in [0.15, 0.2) is 24.3 Å². The van der Waals surface area contributed by atoms with E-state index in [1.54, 1.807) is 7.11 Å². The molecule has 0 bridgehead atoms. The van der Waals surface area contributed by atoms with E-state index in [1.165, 1.54) is 0 Å². The Hall–Kier alpha value is -0.560. The Morgan fingerprint density at radius 1 is 1.40 bits per heavy atom. The highest BCUT2D eigenvalue weighted by molar-refractivity contribution is 5.47. The molecular weight excluding hydrogens is 124 g/mol. The van der Waals surface area contributed by atoms with E-state index in [0.29, 0.717) is 0 Å². The lowest BCUT2D eigenvalue weighted by molar-refractivity contribution is 0.0234. The molecule has 1 atom stereocenters. The number of methoxy groups -OCH3 is 1. The molecule has 1 aliphatic rings. The van der Waals surface area contributed by atoms with Crippen LogP contribution in [0.2, 0.25) is 0 Å². The number of hydrogen-bond donors (Lipinski definition) is 0. The maximum absolute atomic E-state index is 5.22. The lowest BCUT2D eigenvalue weighted by Crippen LogP contribution is -2.45. The van der Waals surface area contributed by atoms with Gasteiger partial charge in [-0.05, 0) is 11.1 Å². The van der Waals surface area contributed by atoms with E-state index >= 15 is 0 Å². The molecule has 0 saturated heterocycles. The van der Waals surface area contributed by atoms with Crippen molar-refractivity contribution >= 4 is 0 Å². The summed E-state index contributed by atoms with van der Waals surface area (Å²) < 4.78 is 5.22. The highest BCUT2D eigenvalue weighted by atomic mass is 16.5. The molecule has 0 radical (unpaired) electrons. The van der Waals surface area contributed by atoms with Crippen molar-refractivity contribution in [3.63, 3.8) is 0 Å². The van der Waals surface area contributed by atoms with Crippen LogP contribution >= 0.6 is 0 Å². The summed E-state index contributed by atoms with van der Waals surface area (Å²) in [4.78, 5) is 0. The normalized spacial score (nSPS) is 30.1. The summed E-state index contributed by atoms with van der Waals surface area (Å²) >= 11 is 0. The van der Waals surface area contributed by atoms with Crippen LogP contribution < -0.4 is 0 Å². The zero-order valence-corrected chi connectivity index (χ0v) is 6.90. The minimum atomic E-state index is 0.103. The fourth-order valence-corrected chi connectivity index (χ4v) is 1.53. The predicted molar refractivity (Wildman–Crippen MR) is 42.9 cm³/mol. The Balaban J connectivity index is 2.81. The molecule has 0 aliphatic heterocycles. The van der Waals surface area contributed by atoms with Gasteiger partial charge < -0.3 is 4.74 Å². The Kier molecular flexibility index (Phi) is 1.48. The number of rotatable bonds is 1. The van der Waals surface area contributed by atoms with Crippen LogP contribution in [0, 0.1) is 5.41 Å². The van der Waals surface area contributed by atoms with Gasteiger partial charge in [0.1, 0.15) is 0 Å². The van der Waals surface area contributed by atoms with Gasteiger partial charge in [-0.15, -0.1) is 0 Å². The third-order valence-electron chi connectivity index (χ3n) is 2.37. The molecule has 1 saturated carbocycles. The molecule has 1 fully saturated rings. The Morgan fingerprint density at radius 2 is 1.90 bits per heavy atom. The minimum Gasteiger partial charge on any atom is -0.376 e. The molecule has 1 unspecified atom stereocenters. The monoisotopic (exact) mass is 138 g/mol. The summed E-state index contributed by atoms with van der Waals surface area (Å²) in [7, 11) is 1.71. The molecule has 0 amide bonds. The standard InChI is InChI=1S/C9H14O/c1-6-7(2)9(3,4)8(6)10-5/h8H,1-2H2,3-5H3. The topological polar surface area (TPSA) is 9.23 Å². The van der Waals surface area contributed by atoms with Crippen LogP contribution in [0.5, 0.6) is 0 Å². The highest BCUT2D eigenvalue weighted by Gasteiger charge is 2.45. The molecule has 0 heterocycles. The molecule has 1 rings (SSSR count). The van der Waals surface area contributed by atoms with Crippen LogP contribution in [0.3, 0.4) is 0 Å². The lowest BCUT2D eigenvalue weighted by Gasteiger charge is -2.47. The van der Waals surface area contributed by atoms with Crippen LogP contribution in [0.25, 0.3) is 0 Å². The van der Waals surface area contributed by atoms with Gasteiger partial charge in [-0.3, -0.25) is 0 Å². The first-order chi connectivity index (χ1) is 4.51. The molecule has 0 aromatic rings. The first-order valence-corrected chi connectivity index (χ1v) is 3.43. The van der Waals surface area contributed by atoms with E-state index in [-0.39, 0.29) is 11.5 Å². The van der Waals surface area contributed by atoms with E-state index in [9.17, 15) is 0 Å². The fourth-order valence-electron chi connectivity index (χ4n) is 1.53. The number of hydrogen-bond acceptors (Lipinski definition) is 1. The molecule has 56 valence electrons. The second kappa shape index (κ2) is 1.96. The van der Waals surface area contributed by atoms with Crippen molar-refractivity contribution in [3.8, 4) is 0 Å². The first kappa shape index (κ1) is 7.55. The fraction of sp³-hybridized carbons (Fsp3) is 0.556. The van der Waals surface area contributed by atoms with Gasteiger partial charge in [-0.1, -0.05) is 27.0 Å². The molecule has 1 nitrogen and oxygen atoms in total. The van der Waals surface area contributed by atoms with E-state index in [0.717, 1.165) is 11.1 Å². The van der Waals surface area contributed by atoms with Crippen LogP contribution in [0.1, 0.15) is 13.8 Å². The molecule has 1 aliphatic carbocycles. The largest absolute Gasteiger partial charge is 0.376 e. The number of ether oxygens (including phenoxy) is 1. The van der Waals surface area contributed by atoms with Crippen molar-refractivity contribution in [1.82, 2.24) is 0 Å². The summed E-state index contributed by atoms with van der Waals surface area (Å²) in [5.74, 6) is 0. The summed E-state index contributed by atoms with van der Waals surface area (Å²) in [5, 5.41) is 0. The summed E-state index contributed by atoms with van der Waals surface area (Å²) in [6.45, 7) is 12.0. The van der Waals surface area contributed by atoms with Crippen molar-refractivity contribution in [2.24, 2.45) is 5.41 Å². The van der Waals surface area contributed by atoms with Gasteiger partial charge in [0.25, 0.3) is 0 Å². The zero-order valence-electron chi connectivity index (χ0n) is 6.90. The van der Waals surface area contributed by atoms with Gasteiger partial charge in [-0.2, -0.15) is 0 Å². The highest BCUT2D eigenvalue weighted by Crippen LogP contribution is 2.49. The van der Waals surface area contributed by atoms with Crippen molar-refractivity contribution in [3.05, 3.63) is 24.3 Å². The SMILES string of the molecule is C=C1C(=C)C(C)(C)C1OC. The van der Waals surface area contributed by atoms with Crippen molar-refractivity contribution in [2.75, 3.05) is 7.11 Å². The second-order valence-electron chi connectivity index (χ2n) is 3.34. The van der Waals surface area contributed by atoms with Gasteiger partial charge in [-0.25, -0.2) is 0 Å². The molecule has 10 heavy (non-hydrogen) atoms. The Labute approximate surface area is 62.4 Å². The van der Waals surface area contributed by atoms with Crippen LogP contribution in [0.4, 0.5) is 0 Å². The van der Waals surface area contributed by atoms with E-state index in [4.69, 9.17) is 4.74 Å². The molecule has 0 N–H and O–H groups in total. The van der Waals surface area contributed by atoms with E-state index in [2.05, 4.69) is 27.0 Å². The Morgan fingerprint density at radius 3 is 2.10 bits per heavy atom. The molecule has 0 aromatic heterocycles. The van der Waals surface area contributed by atoms with E-state index < -0.39 is 0 Å². The van der Waals surface area contributed by atoms with Gasteiger partial charge in [0.05, 0.1) is 6.10 Å². The van der Waals surface area contributed by atoms with Crippen LogP contribution in [-0.2, 0) is 4.74 Å². The quantitative estimate of drug-likeness (QED) is 0.539. The van der Waals surface area contributed by atoms with Gasteiger partial charge in [0, 0.05) is 12.5 Å². The van der Waals surface area contributed by atoms with Crippen molar-refractivity contribution in [1.29, 1.82) is 0 Å². The second-order valence-corrected chi connectivity index (χ2v) is 3.34. The van der Waals surface area contributed by atoms with Crippen molar-refractivity contribution < 1.29 is 4.74 Å². The predicted octanol–water partition coefficient (Wildman–Crippen LogP) is 2.15. The smallest absolute Gasteiger partial charge is 0.0909 e. The van der Waals surface area contributed by atoms with Gasteiger partial charge in [0.15, 0.2) is 0 Å². The Bertz CT molecular complexity index is 189. The van der Waals surface area contributed by atoms with Crippen LogP contribution in [-0.4, -0.2) is 13.2 Å². The first-order valence-electron chi connectivity index (χ1n) is 3.43. The third-order valence-corrected chi connectivity index (χ3v) is 2.37. The average molecular weight is 138 g/mol. The summed E-state index contributed by atoms with van der Waals surface area (Å²) in [6, 6.07) is 0. The maximum Gasteiger partial charge on any atom is 0.0909 e. The summed E-state index contributed by atoms with van der Waals surface area (Å²) in [6.07, 6.45) is 0.181. The third kappa shape index (κ3) is 0.671. The molecule has 0 spiro atoms. The minimum absolute atomic E-state index is 0.103. The zero-order chi connectivity index (χ0) is 7.94. The molecule has 1 heteroatoms. The summed E-state index contributed by atoms with van der Waals surface area (Å²) in [5.41, 5.74) is 2.28. The molecular formula is C9H14O. The molecule has 0 aromatic carbocycles. The maximum atomic E-state index is 5.22. The van der Waals surface area contributed by atoms with E-state index in [1.807, 2.05) is 0 Å². The average Bonchev–Trinajstić information content (AvgIpc) is 1.88.